The molecule has 0 heterocycles. The summed E-state index contributed by atoms with van der Waals surface area (Å²) in [4.78, 5) is 0. The van der Waals surface area contributed by atoms with Gasteiger partial charge in [-0.05, 0) is 32.8 Å². The molecule has 1 aromatic carbocycles. The number of hydrogen-bond donors (Lipinski definition) is 2. The van der Waals surface area contributed by atoms with E-state index in [2.05, 4.69) is 0 Å². The second kappa shape index (κ2) is 4.89. The molecule has 0 bridgehead atoms. The van der Waals surface area contributed by atoms with Crippen molar-refractivity contribution < 1.29 is 8.78 Å². The Bertz CT molecular complexity index is 359. The largest absolute Gasteiger partial charge is 0.326 e. The van der Waals surface area contributed by atoms with Crippen LogP contribution in [0.15, 0.2) is 18.2 Å². The first-order valence-electron chi connectivity index (χ1n) is 5.29. The Morgan fingerprint density at radius 1 is 1.31 bits per heavy atom. The second-order valence-corrected chi connectivity index (χ2v) is 4.80. The number of benzene rings is 1. The fourth-order valence-corrected chi connectivity index (χ4v) is 1.49. The summed E-state index contributed by atoms with van der Waals surface area (Å²) in [5, 5.41) is 0. The van der Waals surface area contributed by atoms with Crippen molar-refractivity contribution in [3.63, 3.8) is 0 Å². The Hall–Kier alpha value is -1.00. The zero-order chi connectivity index (χ0) is 12.3. The van der Waals surface area contributed by atoms with Gasteiger partial charge in [-0.15, -0.1) is 0 Å². The van der Waals surface area contributed by atoms with E-state index in [1.165, 1.54) is 12.1 Å². The highest BCUT2D eigenvalue weighted by Crippen LogP contribution is 2.22. The summed E-state index contributed by atoms with van der Waals surface area (Å²) < 4.78 is 26.1. The van der Waals surface area contributed by atoms with Gasteiger partial charge in [0.15, 0.2) is 0 Å². The molecule has 0 saturated carbocycles. The molecule has 0 aliphatic heterocycles. The number of nitrogens with two attached hydrogens (primary N) is 2. The Morgan fingerprint density at radius 3 is 2.44 bits per heavy atom. The molecule has 1 unspecified atom stereocenters. The quantitative estimate of drug-likeness (QED) is 0.831. The van der Waals surface area contributed by atoms with Gasteiger partial charge in [0.1, 0.15) is 11.6 Å². The van der Waals surface area contributed by atoms with E-state index in [-0.39, 0.29) is 5.54 Å². The highest BCUT2D eigenvalue weighted by molar-refractivity contribution is 5.21. The molecule has 1 atom stereocenters. The molecule has 4 heteroatoms. The first kappa shape index (κ1) is 13.1. The zero-order valence-corrected chi connectivity index (χ0v) is 9.63. The van der Waals surface area contributed by atoms with Crippen molar-refractivity contribution in [3.8, 4) is 0 Å². The SMILES string of the molecule is CC(C)(N)CCC(N)c1ccc(F)cc1F. The molecule has 0 radical (unpaired) electrons. The third-order valence-electron chi connectivity index (χ3n) is 2.46. The van der Waals surface area contributed by atoms with Crippen molar-refractivity contribution >= 4 is 0 Å². The molecule has 0 aromatic heterocycles. The van der Waals surface area contributed by atoms with Gasteiger partial charge in [0.2, 0.25) is 0 Å². The first-order valence-corrected chi connectivity index (χ1v) is 5.29. The number of halogens is 2. The van der Waals surface area contributed by atoms with E-state index in [0.29, 0.717) is 18.4 Å². The van der Waals surface area contributed by atoms with Crippen molar-refractivity contribution in [2.24, 2.45) is 11.5 Å². The van der Waals surface area contributed by atoms with Crippen LogP contribution < -0.4 is 11.5 Å². The van der Waals surface area contributed by atoms with Gasteiger partial charge in [-0.2, -0.15) is 0 Å². The van der Waals surface area contributed by atoms with Crippen molar-refractivity contribution in [2.45, 2.75) is 38.3 Å². The molecular weight excluding hydrogens is 210 g/mol. The molecule has 1 aromatic rings. The lowest BCUT2D eigenvalue weighted by Gasteiger charge is -2.21. The maximum Gasteiger partial charge on any atom is 0.130 e. The van der Waals surface area contributed by atoms with Crippen molar-refractivity contribution in [2.75, 3.05) is 0 Å². The molecule has 0 fully saturated rings. The van der Waals surface area contributed by atoms with Crippen LogP contribution in [0.3, 0.4) is 0 Å². The smallest absolute Gasteiger partial charge is 0.130 e. The van der Waals surface area contributed by atoms with Crippen LogP contribution in [0.4, 0.5) is 8.78 Å². The Balaban J connectivity index is 2.70. The van der Waals surface area contributed by atoms with Crippen LogP contribution in [-0.4, -0.2) is 5.54 Å². The van der Waals surface area contributed by atoms with Gasteiger partial charge in [-0.1, -0.05) is 6.07 Å². The maximum atomic E-state index is 13.4. The van der Waals surface area contributed by atoms with Crippen molar-refractivity contribution in [3.05, 3.63) is 35.4 Å². The lowest BCUT2D eigenvalue weighted by Crippen LogP contribution is -2.32. The monoisotopic (exact) mass is 228 g/mol. The van der Waals surface area contributed by atoms with Gasteiger partial charge in [-0.25, -0.2) is 8.78 Å². The van der Waals surface area contributed by atoms with Crippen LogP contribution in [0.5, 0.6) is 0 Å². The molecular formula is C12H18F2N2. The van der Waals surface area contributed by atoms with Gasteiger partial charge in [0.25, 0.3) is 0 Å². The van der Waals surface area contributed by atoms with E-state index in [1.54, 1.807) is 0 Å². The molecule has 2 nitrogen and oxygen atoms in total. The van der Waals surface area contributed by atoms with E-state index in [4.69, 9.17) is 11.5 Å². The predicted molar refractivity (Wildman–Crippen MR) is 60.8 cm³/mol. The number of hydrogen-bond acceptors (Lipinski definition) is 2. The fraction of sp³-hybridized carbons (Fsp3) is 0.500. The molecule has 0 spiro atoms. The third-order valence-corrected chi connectivity index (χ3v) is 2.46. The van der Waals surface area contributed by atoms with Crippen LogP contribution in [-0.2, 0) is 0 Å². The van der Waals surface area contributed by atoms with Crippen LogP contribution >= 0.6 is 0 Å². The van der Waals surface area contributed by atoms with E-state index in [1.807, 2.05) is 13.8 Å². The summed E-state index contributed by atoms with van der Waals surface area (Å²) in [6, 6.07) is 3.01. The standard InChI is InChI=1S/C12H18F2N2/c1-12(2,16)6-5-11(15)9-4-3-8(13)7-10(9)14/h3-4,7,11H,5-6,15-16H2,1-2H3. The van der Waals surface area contributed by atoms with Crippen LogP contribution in [0.2, 0.25) is 0 Å². The van der Waals surface area contributed by atoms with Gasteiger partial charge in [0, 0.05) is 23.2 Å². The first-order chi connectivity index (χ1) is 7.29. The van der Waals surface area contributed by atoms with Gasteiger partial charge in [-0.3, -0.25) is 0 Å². The highest BCUT2D eigenvalue weighted by Gasteiger charge is 2.16. The predicted octanol–water partition coefficient (Wildman–Crippen LogP) is 2.48. The minimum atomic E-state index is -0.595. The zero-order valence-electron chi connectivity index (χ0n) is 9.63. The maximum absolute atomic E-state index is 13.4. The molecule has 1 rings (SSSR count). The molecule has 16 heavy (non-hydrogen) atoms. The van der Waals surface area contributed by atoms with E-state index < -0.39 is 17.7 Å². The third kappa shape index (κ3) is 3.87. The fourth-order valence-electron chi connectivity index (χ4n) is 1.49. The van der Waals surface area contributed by atoms with Crippen LogP contribution in [0.1, 0.15) is 38.3 Å². The molecule has 0 amide bonds. The lowest BCUT2D eigenvalue weighted by atomic mass is 9.94. The average molecular weight is 228 g/mol. The van der Waals surface area contributed by atoms with E-state index >= 15 is 0 Å². The normalized spacial score (nSPS) is 13.9. The van der Waals surface area contributed by atoms with E-state index in [9.17, 15) is 8.78 Å². The van der Waals surface area contributed by atoms with Gasteiger partial charge >= 0.3 is 0 Å². The number of rotatable bonds is 4. The minimum absolute atomic E-state index is 0.325. The summed E-state index contributed by atoms with van der Waals surface area (Å²) in [7, 11) is 0. The summed E-state index contributed by atoms with van der Waals surface area (Å²) in [5.41, 5.74) is 11.7. The van der Waals surface area contributed by atoms with Gasteiger partial charge < -0.3 is 11.5 Å². The van der Waals surface area contributed by atoms with Crippen molar-refractivity contribution in [1.82, 2.24) is 0 Å². The van der Waals surface area contributed by atoms with Crippen molar-refractivity contribution in [1.29, 1.82) is 0 Å². The van der Waals surface area contributed by atoms with Crippen LogP contribution in [0, 0.1) is 11.6 Å². The topological polar surface area (TPSA) is 52.0 Å². The Labute approximate surface area is 94.6 Å². The molecule has 4 N–H and O–H groups in total. The molecule has 0 aliphatic rings. The van der Waals surface area contributed by atoms with Gasteiger partial charge in [0.05, 0.1) is 0 Å². The lowest BCUT2D eigenvalue weighted by molar-refractivity contribution is 0.427. The average Bonchev–Trinajstić information content (AvgIpc) is 2.13. The molecule has 0 saturated heterocycles. The second-order valence-electron chi connectivity index (χ2n) is 4.80. The summed E-state index contributed by atoms with van der Waals surface area (Å²) in [5.74, 6) is -1.19. The Kier molecular flexibility index (Phi) is 3.99. The summed E-state index contributed by atoms with van der Waals surface area (Å²) >= 11 is 0. The van der Waals surface area contributed by atoms with Crippen LogP contribution in [0.25, 0.3) is 0 Å². The molecule has 0 aliphatic carbocycles. The highest BCUT2D eigenvalue weighted by atomic mass is 19.1. The van der Waals surface area contributed by atoms with E-state index in [0.717, 1.165) is 6.07 Å². The summed E-state index contributed by atoms with van der Waals surface area (Å²) in [6.07, 6.45) is 1.26. The minimum Gasteiger partial charge on any atom is -0.326 e. The summed E-state index contributed by atoms with van der Waals surface area (Å²) in [6.45, 7) is 3.78. The Morgan fingerprint density at radius 2 is 1.94 bits per heavy atom. The molecule has 90 valence electrons.